The van der Waals surface area contributed by atoms with Crippen LogP contribution in [0.5, 0.6) is 0 Å². The molecule has 0 N–H and O–H groups in total. The molecule has 1 aromatic rings. The van der Waals surface area contributed by atoms with E-state index in [4.69, 9.17) is 10.00 Å². The molecule has 1 aliphatic rings. The van der Waals surface area contributed by atoms with Gasteiger partial charge in [-0.05, 0) is 11.4 Å². The Balaban J connectivity index is 2.35. The van der Waals surface area contributed by atoms with Gasteiger partial charge >= 0.3 is 0 Å². The van der Waals surface area contributed by atoms with Crippen molar-refractivity contribution in [3.8, 4) is 6.07 Å². The van der Waals surface area contributed by atoms with Gasteiger partial charge in [-0.15, -0.1) is 11.3 Å². The lowest BCUT2D eigenvalue weighted by Gasteiger charge is -2.25. The molecule has 5 nitrogen and oxygen atoms in total. The van der Waals surface area contributed by atoms with Crippen molar-refractivity contribution >= 4 is 21.4 Å². The van der Waals surface area contributed by atoms with Crippen LogP contribution in [0.4, 0.5) is 0 Å². The molecule has 0 aliphatic carbocycles. The number of nitrogens with zero attached hydrogens (tertiary/aromatic N) is 2. The third-order valence-electron chi connectivity index (χ3n) is 2.29. The number of ether oxygens (including phenoxy) is 1. The Labute approximate surface area is 97.9 Å². The van der Waals surface area contributed by atoms with Crippen LogP contribution in [0, 0.1) is 11.3 Å². The van der Waals surface area contributed by atoms with Crippen molar-refractivity contribution in [1.29, 1.82) is 5.26 Å². The third kappa shape index (κ3) is 1.97. The predicted molar refractivity (Wildman–Crippen MR) is 58.6 cm³/mol. The van der Waals surface area contributed by atoms with Crippen molar-refractivity contribution in [2.24, 2.45) is 0 Å². The molecule has 2 rings (SSSR count). The van der Waals surface area contributed by atoms with E-state index in [1.165, 1.54) is 10.4 Å². The molecule has 0 unspecified atom stereocenters. The van der Waals surface area contributed by atoms with E-state index in [2.05, 4.69) is 0 Å². The van der Waals surface area contributed by atoms with Crippen LogP contribution in [0.25, 0.3) is 0 Å². The minimum absolute atomic E-state index is 0.136. The first-order valence-corrected chi connectivity index (χ1v) is 7.03. The summed E-state index contributed by atoms with van der Waals surface area (Å²) in [5, 5.41) is 10.4. The predicted octanol–water partition coefficient (Wildman–Crippen LogP) is 0.641. The highest BCUT2D eigenvalue weighted by molar-refractivity contribution is 7.91. The zero-order valence-corrected chi connectivity index (χ0v) is 10.1. The second-order valence-electron chi connectivity index (χ2n) is 3.25. The molecule has 1 aliphatic heterocycles. The maximum absolute atomic E-state index is 12.2. The van der Waals surface area contributed by atoms with Crippen LogP contribution < -0.4 is 0 Å². The van der Waals surface area contributed by atoms with E-state index in [1.54, 1.807) is 5.38 Å². The molecule has 0 saturated carbocycles. The van der Waals surface area contributed by atoms with Crippen LogP contribution in [0.1, 0.15) is 5.56 Å². The van der Waals surface area contributed by atoms with E-state index in [1.807, 2.05) is 6.07 Å². The van der Waals surface area contributed by atoms with Crippen LogP contribution in [-0.2, 0) is 14.8 Å². The molecular weight excluding hydrogens is 248 g/mol. The van der Waals surface area contributed by atoms with Gasteiger partial charge in [0.1, 0.15) is 6.07 Å². The van der Waals surface area contributed by atoms with Crippen LogP contribution in [0.15, 0.2) is 15.7 Å². The molecule has 1 fully saturated rings. The lowest BCUT2D eigenvalue weighted by molar-refractivity contribution is 0.0731. The number of rotatable bonds is 2. The van der Waals surface area contributed by atoms with Gasteiger partial charge in [-0.25, -0.2) is 8.42 Å². The molecular formula is C9H10N2O3S2. The van der Waals surface area contributed by atoms with Gasteiger partial charge in [-0.3, -0.25) is 0 Å². The highest BCUT2D eigenvalue weighted by Crippen LogP contribution is 2.25. The molecule has 2 heterocycles. The SMILES string of the molecule is N#Cc1ccsc1S(=O)(=O)N1CCOCC1. The summed E-state index contributed by atoms with van der Waals surface area (Å²) in [5.41, 5.74) is 0.219. The van der Waals surface area contributed by atoms with Crippen molar-refractivity contribution in [3.05, 3.63) is 17.0 Å². The molecule has 7 heteroatoms. The Kier molecular flexibility index (Phi) is 3.25. The first-order valence-electron chi connectivity index (χ1n) is 4.72. The van der Waals surface area contributed by atoms with E-state index >= 15 is 0 Å². The molecule has 86 valence electrons. The summed E-state index contributed by atoms with van der Waals surface area (Å²) < 4.78 is 30.9. The lowest BCUT2D eigenvalue weighted by atomic mass is 10.4. The standard InChI is InChI=1S/C9H10N2O3S2/c10-7-8-1-6-15-9(8)16(12,13)11-2-4-14-5-3-11/h1,6H,2-5H2. The van der Waals surface area contributed by atoms with Crippen molar-refractivity contribution in [1.82, 2.24) is 4.31 Å². The Morgan fingerprint density at radius 2 is 2.12 bits per heavy atom. The van der Waals surface area contributed by atoms with Crippen LogP contribution in [-0.4, -0.2) is 39.0 Å². The Morgan fingerprint density at radius 3 is 2.75 bits per heavy atom. The Hall–Kier alpha value is -0.940. The second kappa shape index (κ2) is 4.51. The van der Waals surface area contributed by atoms with Gasteiger partial charge in [-0.1, -0.05) is 0 Å². The van der Waals surface area contributed by atoms with Gasteiger partial charge in [0, 0.05) is 13.1 Å². The summed E-state index contributed by atoms with van der Waals surface area (Å²) in [5.74, 6) is 0. The molecule has 0 bridgehead atoms. The fourth-order valence-corrected chi connectivity index (χ4v) is 4.28. The number of hydrogen-bond acceptors (Lipinski definition) is 5. The summed E-state index contributed by atoms with van der Waals surface area (Å²) in [4.78, 5) is 0. The quantitative estimate of drug-likeness (QED) is 0.780. The largest absolute Gasteiger partial charge is 0.379 e. The topological polar surface area (TPSA) is 70.4 Å². The maximum Gasteiger partial charge on any atom is 0.254 e. The van der Waals surface area contributed by atoms with Gasteiger partial charge in [0.15, 0.2) is 4.21 Å². The van der Waals surface area contributed by atoms with E-state index in [-0.39, 0.29) is 9.77 Å². The molecule has 16 heavy (non-hydrogen) atoms. The van der Waals surface area contributed by atoms with E-state index in [9.17, 15) is 8.42 Å². The minimum Gasteiger partial charge on any atom is -0.379 e. The van der Waals surface area contributed by atoms with E-state index < -0.39 is 10.0 Å². The maximum atomic E-state index is 12.2. The van der Waals surface area contributed by atoms with Crippen molar-refractivity contribution in [3.63, 3.8) is 0 Å². The van der Waals surface area contributed by atoms with Gasteiger partial charge in [0.05, 0.1) is 18.8 Å². The summed E-state index contributed by atoms with van der Waals surface area (Å²) in [7, 11) is -3.51. The smallest absolute Gasteiger partial charge is 0.254 e. The molecule has 0 aromatic carbocycles. The monoisotopic (exact) mass is 258 g/mol. The summed E-state index contributed by atoms with van der Waals surface area (Å²) in [6, 6.07) is 3.42. The minimum atomic E-state index is -3.51. The molecule has 0 atom stereocenters. The number of nitriles is 1. The van der Waals surface area contributed by atoms with Gasteiger partial charge in [0.25, 0.3) is 10.0 Å². The van der Waals surface area contributed by atoms with Crippen LogP contribution in [0.2, 0.25) is 0 Å². The Bertz CT molecular complexity index is 509. The second-order valence-corrected chi connectivity index (χ2v) is 6.30. The number of thiophene rings is 1. The number of morpholine rings is 1. The van der Waals surface area contributed by atoms with Crippen LogP contribution in [0.3, 0.4) is 0 Å². The van der Waals surface area contributed by atoms with Crippen molar-refractivity contribution in [2.45, 2.75) is 4.21 Å². The normalized spacial score (nSPS) is 18.2. The summed E-state index contributed by atoms with van der Waals surface area (Å²) >= 11 is 1.08. The van der Waals surface area contributed by atoms with E-state index in [0.29, 0.717) is 26.3 Å². The molecule has 0 spiro atoms. The van der Waals surface area contributed by atoms with Gasteiger partial charge < -0.3 is 4.74 Å². The van der Waals surface area contributed by atoms with Crippen molar-refractivity contribution < 1.29 is 13.2 Å². The van der Waals surface area contributed by atoms with Gasteiger partial charge in [0.2, 0.25) is 0 Å². The molecule has 0 amide bonds. The summed E-state index contributed by atoms with van der Waals surface area (Å²) in [6.45, 7) is 1.52. The molecule has 1 saturated heterocycles. The van der Waals surface area contributed by atoms with Gasteiger partial charge in [-0.2, -0.15) is 9.57 Å². The zero-order chi connectivity index (χ0) is 11.6. The zero-order valence-electron chi connectivity index (χ0n) is 8.42. The van der Waals surface area contributed by atoms with Crippen molar-refractivity contribution in [2.75, 3.05) is 26.3 Å². The fraction of sp³-hybridized carbons (Fsp3) is 0.444. The molecule has 1 aromatic heterocycles. The fourth-order valence-electron chi connectivity index (χ4n) is 1.48. The first-order chi connectivity index (χ1) is 7.66. The highest BCUT2D eigenvalue weighted by Gasteiger charge is 2.29. The first kappa shape index (κ1) is 11.5. The number of hydrogen-bond donors (Lipinski definition) is 0. The Morgan fingerprint density at radius 1 is 1.44 bits per heavy atom. The van der Waals surface area contributed by atoms with Crippen LogP contribution >= 0.6 is 11.3 Å². The third-order valence-corrected chi connectivity index (χ3v) is 5.65. The average molecular weight is 258 g/mol. The molecule has 0 radical (unpaired) electrons. The average Bonchev–Trinajstić information content (AvgIpc) is 2.79. The number of sulfonamides is 1. The summed E-state index contributed by atoms with van der Waals surface area (Å²) in [6.07, 6.45) is 0. The highest BCUT2D eigenvalue weighted by atomic mass is 32.2. The van der Waals surface area contributed by atoms with E-state index in [0.717, 1.165) is 11.3 Å². The lowest BCUT2D eigenvalue weighted by Crippen LogP contribution is -2.40.